The molecule has 3 heterocycles. The van der Waals surface area contributed by atoms with Gasteiger partial charge in [0, 0.05) is 27.5 Å². The van der Waals surface area contributed by atoms with Crippen molar-refractivity contribution in [2.75, 3.05) is 20.3 Å². The molecular weight excluding hydrogens is 460 g/mol. The van der Waals surface area contributed by atoms with E-state index >= 15 is 0 Å². The molecule has 0 spiro atoms. The average molecular weight is 483 g/mol. The molecule has 7 heteroatoms. The first-order valence-corrected chi connectivity index (χ1v) is 12.1. The van der Waals surface area contributed by atoms with Crippen LogP contribution in [0.4, 0.5) is 5.13 Å². The Morgan fingerprint density at radius 1 is 0.886 bits per heavy atom. The monoisotopic (exact) mass is 482 g/mol. The van der Waals surface area contributed by atoms with Crippen molar-refractivity contribution in [1.82, 2.24) is 4.98 Å². The molecule has 0 unspecified atom stereocenters. The molecule has 35 heavy (non-hydrogen) atoms. The number of hydrogen-bond acceptors (Lipinski definition) is 7. The van der Waals surface area contributed by atoms with Crippen LogP contribution in [0.25, 0.3) is 33.6 Å². The van der Waals surface area contributed by atoms with Crippen LogP contribution < -0.4 is 19.6 Å². The average Bonchev–Trinajstić information content (AvgIpc) is 3.28. The second-order valence-electron chi connectivity index (χ2n) is 8.09. The van der Waals surface area contributed by atoms with Crippen molar-refractivity contribution in [1.29, 1.82) is 0 Å². The predicted octanol–water partition coefficient (Wildman–Crippen LogP) is 6.54. The zero-order valence-corrected chi connectivity index (χ0v) is 20.1. The Morgan fingerprint density at radius 2 is 1.66 bits per heavy atom. The van der Waals surface area contributed by atoms with Gasteiger partial charge in [-0.15, -0.1) is 0 Å². The van der Waals surface area contributed by atoms with E-state index in [9.17, 15) is 0 Å². The lowest BCUT2D eigenvalue weighted by Crippen LogP contribution is -2.15. The first kappa shape index (κ1) is 21.4. The van der Waals surface area contributed by atoms with Gasteiger partial charge in [0.05, 0.1) is 18.2 Å². The molecule has 174 valence electrons. The second kappa shape index (κ2) is 8.92. The number of aromatic nitrogens is 1. The van der Waals surface area contributed by atoms with Gasteiger partial charge >= 0.3 is 0 Å². The maximum absolute atomic E-state index is 6.25. The minimum atomic E-state index is 0.534. The van der Waals surface area contributed by atoms with Gasteiger partial charge in [-0.1, -0.05) is 23.5 Å². The van der Waals surface area contributed by atoms with Crippen molar-refractivity contribution < 1.29 is 18.6 Å². The zero-order chi connectivity index (χ0) is 23.8. The van der Waals surface area contributed by atoms with E-state index < -0.39 is 0 Å². The lowest BCUT2D eigenvalue weighted by Gasteiger charge is -2.18. The molecular formula is C28H22N2O4S. The molecule has 0 saturated carbocycles. The summed E-state index contributed by atoms with van der Waals surface area (Å²) in [6.07, 6.45) is 0. The molecule has 0 atom stereocenters. The summed E-state index contributed by atoms with van der Waals surface area (Å²) in [5.41, 5.74) is 3.60. The molecule has 6 rings (SSSR count). The van der Waals surface area contributed by atoms with Crippen molar-refractivity contribution in [2.45, 2.75) is 6.92 Å². The summed E-state index contributed by atoms with van der Waals surface area (Å²) >= 11 is 1.57. The highest BCUT2D eigenvalue weighted by molar-refractivity contribution is 7.15. The van der Waals surface area contributed by atoms with Gasteiger partial charge in [0.2, 0.25) is 5.13 Å². The van der Waals surface area contributed by atoms with Crippen LogP contribution in [0, 0.1) is 6.92 Å². The van der Waals surface area contributed by atoms with E-state index in [1.54, 1.807) is 18.4 Å². The van der Waals surface area contributed by atoms with E-state index in [-0.39, 0.29) is 0 Å². The van der Waals surface area contributed by atoms with Crippen molar-refractivity contribution >= 4 is 27.4 Å². The van der Waals surface area contributed by atoms with Gasteiger partial charge in [0.25, 0.3) is 0 Å². The van der Waals surface area contributed by atoms with Crippen LogP contribution in [-0.4, -0.2) is 25.3 Å². The molecule has 0 aliphatic carbocycles. The van der Waals surface area contributed by atoms with Crippen molar-refractivity contribution in [3.05, 3.63) is 83.0 Å². The highest BCUT2D eigenvalue weighted by Crippen LogP contribution is 2.36. The number of methoxy groups -OCH3 is 1. The Balaban J connectivity index is 1.46. The fourth-order valence-electron chi connectivity index (χ4n) is 4.10. The van der Waals surface area contributed by atoms with Crippen LogP contribution in [0.2, 0.25) is 0 Å². The third kappa shape index (κ3) is 4.15. The largest absolute Gasteiger partial charge is 0.497 e. The van der Waals surface area contributed by atoms with Crippen LogP contribution in [0.3, 0.4) is 0 Å². The number of para-hydroxylation sites is 1. The molecule has 0 amide bonds. The molecule has 6 nitrogen and oxygen atoms in total. The third-order valence-corrected chi connectivity index (χ3v) is 6.71. The maximum atomic E-state index is 6.25. The summed E-state index contributed by atoms with van der Waals surface area (Å²) in [4.78, 5) is 10.9. The minimum absolute atomic E-state index is 0.534. The Bertz CT molecular complexity index is 1600. The summed E-state index contributed by atoms with van der Waals surface area (Å²) in [5, 5.41) is 2.41. The summed E-state index contributed by atoms with van der Waals surface area (Å²) in [7, 11) is 1.66. The molecule has 0 N–H and O–H groups in total. The molecule has 1 aliphatic heterocycles. The van der Waals surface area contributed by atoms with E-state index in [0.29, 0.717) is 24.1 Å². The summed E-state index contributed by atoms with van der Waals surface area (Å²) in [6.45, 7) is 3.16. The molecule has 0 radical (unpaired) electrons. The summed E-state index contributed by atoms with van der Waals surface area (Å²) in [5.74, 6) is 2.98. The predicted molar refractivity (Wildman–Crippen MR) is 137 cm³/mol. The maximum Gasteiger partial charge on any atom is 0.210 e. The number of aryl methyl sites for hydroxylation is 1. The van der Waals surface area contributed by atoms with Crippen LogP contribution in [0.1, 0.15) is 4.88 Å². The van der Waals surface area contributed by atoms with Crippen molar-refractivity contribution in [3.63, 3.8) is 0 Å². The van der Waals surface area contributed by atoms with E-state index in [1.807, 2.05) is 72.8 Å². The number of hydrogen-bond donors (Lipinski definition) is 0. The van der Waals surface area contributed by atoms with Crippen LogP contribution in [0.15, 0.2) is 82.2 Å². The van der Waals surface area contributed by atoms with E-state index in [1.165, 1.54) is 0 Å². The van der Waals surface area contributed by atoms with Crippen LogP contribution in [0.5, 0.6) is 17.2 Å². The highest BCUT2D eigenvalue weighted by atomic mass is 32.1. The first-order chi connectivity index (χ1) is 17.2. The van der Waals surface area contributed by atoms with Crippen molar-refractivity contribution in [3.8, 4) is 39.8 Å². The highest BCUT2D eigenvalue weighted by Gasteiger charge is 2.15. The fraction of sp³-hybridized carbons (Fsp3) is 0.143. The van der Waals surface area contributed by atoms with Gasteiger partial charge in [0.1, 0.15) is 30.3 Å². The molecule has 0 saturated heterocycles. The topological polar surface area (TPSA) is 66.1 Å². The van der Waals surface area contributed by atoms with Gasteiger partial charge in [0.15, 0.2) is 11.5 Å². The zero-order valence-electron chi connectivity index (χ0n) is 19.3. The third-order valence-electron chi connectivity index (χ3n) is 5.84. The van der Waals surface area contributed by atoms with Gasteiger partial charge in [-0.3, -0.25) is 0 Å². The number of benzene rings is 3. The van der Waals surface area contributed by atoms with Gasteiger partial charge < -0.3 is 18.6 Å². The smallest absolute Gasteiger partial charge is 0.210 e. The second-order valence-corrected chi connectivity index (χ2v) is 9.27. The summed E-state index contributed by atoms with van der Waals surface area (Å²) < 4.78 is 23.0. The molecule has 2 aromatic heterocycles. The Kier molecular flexibility index (Phi) is 5.47. The summed E-state index contributed by atoms with van der Waals surface area (Å²) in [6, 6.07) is 23.6. The van der Waals surface area contributed by atoms with Gasteiger partial charge in [-0.05, 0) is 61.5 Å². The SMILES string of the molecule is COc1ccc(-c2nc(N=c3cc(-c4ccc5c(c4)OCCO5)oc4ccccc34)sc2C)cc1. The quantitative estimate of drug-likeness (QED) is 0.291. The van der Waals surface area contributed by atoms with Gasteiger partial charge in [-0.25, -0.2) is 9.98 Å². The van der Waals surface area contributed by atoms with Gasteiger partial charge in [-0.2, -0.15) is 0 Å². The molecule has 5 aromatic rings. The molecule has 0 fully saturated rings. The normalized spacial score (nSPS) is 13.3. The Morgan fingerprint density at radius 3 is 2.49 bits per heavy atom. The molecule has 0 bridgehead atoms. The van der Waals surface area contributed by atoms with E-state index in [4.69, 9.17) is 28.6 Å². The van der Waals surface area contributed by atoms with Crippen LogP contribution >= 0.6 is 11.3 Å². The van der Waals surface area contributed by atoms with Crippen LogP contribution in [-0.2, 0) is 0 Å². The first-order valence-electron chi connectivity index (χ1n) is 11.3. The number of rotatable bonds is 4. The Labute approximate surface area is 206 Å². The standard InChI is InChI=1S/C28H22N2O4S/c1-17-27(18-7-10-20(31-2)11-8-18)30-28(35-17)29-22-16-25(34-23-6-4-3-5-21(22)23)19-9-12-24-26(15-19)33-14-13-32-24/h3-12,15-16H,13-14H2,1-2H3. The Hall–Kier alpha value is -4.10. The minimum Gasteiger partial charge on any atom is -0.497 e. The number of fused-ring (bicyclic) bond motifs is 2. The molecule has 1 aliphatic rings. The number of ether oxygens (including phenoxy) is 3. The number of thiazole rings is 1. The lowest BCUT2D eigenvalue weighted by molar-refractivity contribution is 0.171. The van der Waals surface area contributed by atoms with Crippen molar-refractivity contribution in [2.24, 2.45) is 4.99 Å². The van der Waals surface area contributed by atoms with E-state index in [2.05, 4.69) is 6.92 Å². The fourth-order valence-corrected chi connectivity index (χ4v) is 4.91. The molecule has 3 aromatic carbocycles. The van der Waals surface area contributed by atoms with E-state index in [0.717, 1.165) is 55.3 Å². The number of nitrogens with zero attached hydrogens (tertiary/aromatic N) is 2. The lowest BCUT2D eigenvalue weighted by atomic mass is 10.1.